The quantitative estimate of drug-likeness (QED) is 0.788. The Balaban J connectivity index is 2.65. The van der Waals surface area contributed by atoms with E-state index in [4.69, 9.17) is 4.74 Å². The van der Waals surface area contributed by atoms with Crippen molar-refractivity contribution >= 4 is 12.0 Å². The Morgan fingerprint density at radius 3 is 2.45 bits per heavy atom. The molecule has 1 heterocycles. The lowest BCUT2D eigenvalue weighted by molar-refractivity contribution is 0.0526. The molecule has 0 aliphatic heterocycles. The number of hydrogen-bond donors (Lipinski definition) is 0. The van der Waals surface area contributed by atoms with Gasteiger partial charge in [0.05, 0.1) is 17.9 Å². The highest BCUT2D eigenvalue weighted by Gasteiger charge is 2.16. The second-order valence-corrected chi connectivity index (χ2v) is 4.65. The van der Waals surface area contributed by atoms with Crippen LogP contribution in [-0.4, -0.2) is 17.1 Å². The first-order valence-corrected chi connectivity index (χ1v) is 6.67. The molecule has 2 aromatic rings. The molecule has 3 heteroatoms. The lowest BCUT2D eigenvalue weighted by Crippen LogP contribution is -2.11. The maximum atomic E-state index is 12.1. The van der Waals surface area contributed by atoms with E-state index >= 15 is 0 Å². The van der Waals surface area contributed by atoms with Crippen LogP contribution >= 0.6 is 0 Å². The smallest absolute Gasteiger partial charge is 0.340 e. The molecule has 104 valence electrons. The van der Waals surface area contributed by atoms with Crippen molar-refractivity contribution in [1.29, 1.82) is 0 Å². The van der Waals surface area contributed by atoms with Gasteiger partial charge in [-0.05, 0) is 50.6 Å². The van der Waals surface area contributed by atoms with Gasteiger partial charge in [0.15, 0.2) is 0 Å². The molecule has 0 unspecified atom stereocenters. The van der Waals surface area contributed by atoms with E-state index in [0.29, 0.717) is 12.2 Å². The van der Waals surface area contributed by atoms with Gasteiger partial charge in [-0.2, -0.15) is 0 Å². The summed E-state index contributed by atoms with van der Waals surface area (Å²) in [5.41, 5.74) is 4.53. The van der Waals surface area contributed by atoms with Crippen molar-refractivity contribution in [3.63, 3.8) is 0 Å². The van der Waals surface area contributed by atoms with Crippen LogP contribution < -0.4 is 0 Å². The molecule has 0 bridgehead atoms. The van der Waals surface area contributed by atoms with Crippen LogP contribution in [0.1, 0.15) is 34.2 Å². The molecule has 0 N–H and O–H groups in total. The minimum absolute atomic E-state index is 0.300. The van der Waals surface area contributed by atoms with Gasteiger partial charge in [-0.15, -0.1) is 0 Å². The van der Waals surface area contributed by atoms with Crippen molar-refractivity contribution in [2.45, 2.75) is 20.8 Å². The molecule has 0 aliphatic carbocycles. The zero-order chi connectivity index (χ0) is 14.7. The molecule has 0 fully saturated rings. The molecular formula is C17H19NO2. The van der Waals surface area contributed by atoms with Crippen LogP contribution in [0.2, 0.25) is 0 Å². The molecule has 1 aromatic carbocycles. The summed E-state index contributed by atoms with van der Waals surface area (Å²) in [5.74, 6) is -0.300. The summed E-state index contributed by atoms with van der Waals surface area (Å²) in [5, 5.41) is 0. The lowest BCUT2D eigenvalue weighted by atomic mass is 10.1. The molecule has 0 amide bonds. The molecule has 0 spiro atoms. The Morgan fingerprint density at radius 2 is 1.90 bits per heavy atom. The van der Waals surface area contributed by atoms with Crippen LogP contribution in [0.5, 0.6) is 0 Å². The summed E-state index contributed by atoms with van der Waals surface area (Å²) in [7, 11) is 0. The molecule has 20 heavy (non-hydrogen) atoms. The molecule has 2 rings (SSSR count). The highest BCUT2D eigenvalue weighted by atomic mass is 16.5. The molecule has 3 nitrogen and oxygen atoms in total. The van der Waals surface area contributed by atoms with E-state index < -0.39 is 0 Å². The second kappa shape index (κ2) is 5.78. The summed E-state index contributed by atoms with van der Waals surface area (Å²) >= 11 is 0. The maximum absolute atomic E-state index is 12.1. The molecule has 0 radical (unpaired) electrons. The average Bonchev–Trinajstić information content (AvgIpc) is 2.77. The largest absolute Gasteiger partial charge is 0.462 e. The number of benzene rings is 1. The van der Waals surface area contributed by atoms with Crippen molar-refractivity contribution in [3.8, 4) is 5.69 Å². The summed E-state index contributed by atoms with van der Waals surface area (Å²) < 4.78 is 7.20. The SMILES string of the molecule is C=Cc1ccc(C(=O)OCC)c(-n2c(C)ccc2C)c1. The van der Waals surface area contributed by atoms with Crippen molar-refractivity contribution in [3.05, 3.63) is 59.4 Å². The monoisotopic (exact) mass is 269 g/mol. The van der Waals surface area contributed by atoms with Crippen LogP contribution in [0.3, 0.4) is 0 Å². The summed E-state index contributed by atoms with van der Waals surface area (Å²) in [6, 6.07) is 9.69. The van der Waals surface area contributed by atoms with Gasteiger partial charge in [0, 0.05) is 11.4 Å². The van der Waals surface area contributed by atoms with Crippen molar-refractivity contribution in [2.24, 2.45) is 0 Å². The van der Waals surface area contributed by atoms with Crippen molar-refractivity contribution in [2.75, 3.05) is 6.61 Å². The molecule has 0 atom stereocenters. The number of carbonyl (C=O) groups is 1. The lowest BCUT2D eigenvalue weighted by Gasteiger charge is -2.15. The van der Waals surface area contributed by atoms with Crippen LogP contribution in [0.25, 0.3) is 11.8 Å². The van der Waals surface area contributed by atoms with Gasteiger partial charge in [-0.1, -0.05) is 18.7 Å². The zero-order valence-corrected chi connectivity index (χ0v) is 12.1. The summed E-state index contributed by atoms with van der Waals surface area (Å²) in [4.78, 5) is 12.1. The Labute approximate surface area is 119 Å². The highest BCUT2D eigenvalue weighted by molar-refractivity contribution is 5.94. The predicted molar refractivity (Wildman–Crippen MR) is 81.3 cm³/mol. The van der Waals surface area contributed by atoms with E-state index in [1.807, 2.05) is 45.0 Å². The first-order chi connectivity index (χ1) is 9.58. The molecule has 0 saturated heterocycles. The number of carbonyl (C=O) groups excluding carboxylic acids is 1. The summed E-state index contributed by atoms with van der Waals surface area (Å²) in [6.45, 7) is 9.99. The first kappa shape index (κ1) is 14.1. The van der Waals surface area contributed by atoms with Gasteiger partial charge in [0.2, 0.25) is 0 Å². The number of aromatic nitrogens is 1. The van der Waals surface area contributed by atoms with Gasteiger partial charge in [0.1, 0.15) is 0 Å². The molecule has 0 aliphatic rings. The van der Waals surface area contributed by atoms with Crippen molar-refractivity contribution in [1.82, 2.24) is 4.57 Å². The predicted octanol–water partition coefficient (Wildman–Crippen LogP) is 3.91. The number of nitrogens with zero attached hydrogens (tertiary/aromatic N) is 1. The Morgan fingerprint density at radius 1 is 1.25 bits per heavy atom. The zero-order valence-electron chi connectivity index (χ0n) is 12.1. The minimum atomic E-state index is -0.300. The van der Waals surface area contributed by atoms with E-state index in [1.54, 1.807) is 12.1 Å². The standard InChI is InChI=1S/C17H19NO2/c1-5-14-9-10-15(17(19)20-6-2)16(11-14)18-12(3)7-8-13(18)4/h5,7-11H,1,6H2,2-4H3. The van der Waals surface area contributed by atoms with E-state index in [9.17, 15) is 4.79 Å². The average molecular weight is 269 g/mol. The fourth-order valence-corrected chi connectivity index (χ4v) is 2.29. The van der Waals surface area contributed by atoms with Gasteiger partial charge in [-0.25, -0.2) is 4.79 Å². The third-order valence-electron chi connectivity index (χ3n) is 3.26. The van der Waals surface area contributed by atoms with Crippen LogP contribution in [-0.2, 0) is 4.74 Å². The third-order valence-corrected chi connectivity index (χ3v) is 3.26. The second-order valence-electron chi connectivity index (χ2n) is 4.65. The third kappa shape index (κ3) is 2.52. The van der Waals surface area contributed by atoms with Crippen molar-refractivity contribution < 1.29 is 9.53 Å². The number of rotatable bonds is 4. The molecular weight excluding hydrogens is 250 g/mol. The van der Waals surface area contributed by atoms with E-state index in [-0.39, 0.29) is 5.97 Å². The summed E-state index contributed by atoms with van der Waals surface area (Å²) in [6.07, 6.45) is 1.77. The Kier molecular flexibility index (Phi) is 4.08. The van der Waals surface area contributed by atoms with E-state index in [0.717, 1.165) is 22.6 Å². The van der Waals surface area contributed by atoms with Gasteiger partial charge >= 0.3 is 5.97 Å². The number of esters is 1. The maximum Gasteiger partial charge on any atom is 0.340 e. The molecule has 1 aromatic heterocycles. The van der Waals surface area contributed by atoms with Crippen LogP contribution in [0, 0.1) is 13.8 Å². The van der Waals surface area contributed by atoms with Crippen LogP contribution in [0.4, 0.5) is 0 Å². The first-order valence-electron chi connectivity index (χ1n) is 6.67. The van der Waals surface area contributed by atoms with Gasteiger partial charge < -0.3 is 9.30 Å². The number of hydrogen-bond acceptors (Lipinski definition) is 2. The fraction of sp³-hybridized carbons (Fsp3) is 0.235. The van der Waals surface area contributed by atoms with Gasteiger partial charge in [-0.3, -0.25) is 0 Å². The van der Waals surface area contributed by atoms with E-state index in [2.05, 4.69) is 11.1 Å². The minimum Gasteiger partial charge on any atom is -0.462 e. The fourth-order valence-electron chi connectivity index (χ4n) is 2.29. The normalized spacial score (nSPS) is 10.3. The highest BCUT2D eigenvalue weighted by Crippen LogP contribution is 2.23. The Hall–Kier alpha value is -2.29. The number of ether oxygens (including phenoxy) is 1. The Bertz CT molecular complexity index is 634. The van der Waals surface area contributed by atoms with Crippen LogP contribution in [0.15, 0.2) is 36.9 Å². The number of aryl methyl sites for hydroxylation is 2. The topological polar surface area (TPSA) is 31.2 Å². The molecule has 0 saturated carbocycles. The van der Waals surface area contributed by atoms with E-state index in [1.165, 1.54) is 0 Å². The van der Waals surface area contributed by atoms with Gasteiger partial charge in [0.25, 0.3) is 0 Å².